The Morgan fingerprint density at radius 3 is 2.67 bits per heavy atom. The maximum atomic E-state index is 12.4. The molecule has 0 spiro atoms. The lowest BCUT2D eigenvalue weighted by molar-refractivity contribution is -0.121. The van der Waals surface area contributed by atoms with E-state index in [4.69, 9.17) is 11.6 Å². The van der Waals surface area contributed by atoms with Crippen LogP contribution in [0.3, 0.4) is 0 Å². The zero-order valence-corrected chi connectivity index (χ0v) is 18.9. The fourth-order valence-corrected chi connectivity index (χ4v) is 4.53. The van der Waals surface area contributed by atoms with Crippen LogP contribution in [0.25, 0.3) is 0 Å². The van der Waals surface area contributed by atoms with Crippen molar-refractivity contribution in [2.45, 2.75) is 24.2 Å². The molecule has 2 aromatic carbocycles. The number of carbonyl (C=O) groups excluding carboxylic acids is 2. The van der Waals surface area contributed by atoms with Gasteiger partial charge in [-0.05, 0) is 48.6 Å². The van der Waals surface area contributed by atoms with E-state index in [0.717, 1.165) is 27.8 Å². The molecule has 1 aliphatic heterocycles. The predicted molar refractivity (Wildman–Crippen MR) is 124 cm³/mol. The van der Waals surface area contributed by atoms with Crippen LogP contribution >= 0.6 is 35.1 Å². The van der Waals surface area contributed by atoms with Gasteiger partial charge < -0.3 is 10.6 Å². The molecule has 3 rings (SSSR count). The normalized spacial score (nSPS) is 16.1. The number of benzene rings is 2. The van der Waals surface area contributed by atoms with Crippen molar-refractivity contribution in [3.63, 3.8) is 0 Å². The first-order chi connectivity index (χ1) is 14.4. The fourth-order valence-electron chi connectivity index (χ4n) is 3.06. The molecule has 0 radical (unpaired) electrons. The topological polar surface area (TPSA) is 82.0 Å². The quantitative estimate of drug-likeness (QED) is 0.591. The molecular weight excluding hydrogens is 438 g/mol. The molecule has 0 aliphatic carbocycles. The third kappa shape index (κ3) is 5.39. The van der Waals surface area contributed by atoms with Crippen LogP contribution in [-0.2, 0) is 9.59 Å². The van der Waals surface area contributed by atoms with Gasteiger partial charge in [-0.15, -0.1) is 11.8 Å². The van der Waals surface area contributed by atoms with Gasteiger partial charge in [0.2, 0.25) is 11.8 Å². The first kappa shape index (κ1) is 22.3. The number of nitrogens with one attached hydrogen (secondary N) is 2. The summed E-state index contributed by atoms with van der Waals surface area (Å²) in [6.45, 7) is 1.89. The maximum Gasteiger partial charge on any atom is 0.234 e. The van der Waals surface area contributed by atoms with Gasteiger partial charge >= 0.3 is 0 Å². The van der Waals surface area contributed by atoms with Gasteiger partial charge in [0.15, 0.2) is 0 Å². The van der Waals surface area contributed by atoms with Gasteiger partial charge in [0.25, 0.3) is 0 Å². The second kappa shape index (κ2) is 10.1. The minimum atomic E-state index is -0.318. The third-order valence-corrected chi connectivity index (χ3v) is 6.85. The molecule has 0 bridgehead atoms. The average molecular weight is 458 g/mol. The molecule has 0 saturated carbocycles. The summed E-state index contributed by atoms with van der Waals surface area (Å²) in [5, 5.41) is 16.3. The summed E-state index contributed by atoms with van der Waals surface area (Å²) < 4.78 is 0. The Bertz CT molecular complexity index is 1050. The Morgan fingerprint density at radius 2 is 2.03 bits per heavy atom. The van der Waals surface area contributed by atoms with Crippen molar-refractivity contribution < 1.29 is 9.59 Å². The molecule has 8 heteroatoms. The monoisotopic (exact) mass is 457 g/mol. The molecule has 5 nitrogen and oxygen atoms in total. The average Bonchev–Trinajstić information content (AvgIpc) is 2.74. The summed E-state index contributed by atoms with van der Waals surface area (Å²) in [4.78, 5) is 25.7. The van der Waals surface area contributed by atoms with Crippen LogP contribution in [0.2, 0.25) is 5.02 Å². The summed E-state index contributed by atoms with van der Waals surface area (Å²) in [7, 11) is 0. The summed E-state index contributed by atoms with van der Waals surface area (Å²) in [6, 6.07) is 15.4. The van der Waals surface area contributed by atoms with E-state index in [1.807, 2.05) is 43.5 Å². The molecule has 0 fully saturated rings. The minimum Gasteiger partial charge on any atom is -0.325 e. The van der Waals surface area contributed by atoms with E-state index >= 15 is 0 Å². The summed E-state index contributed by atoms with van der Waals surface area (Å²) >= 11 is 8.88. The van der Waals surface area contributed by atoms with Crippen LogP contribution < -0.4 is 10.6 Å². The first-order valence-electron chi connectivity index (χ1n) is 9.18. The number of amides is 2. The van der Waals surface area contributed by atoms with Crippen molar-refractivity contribution in [3.05, 3.63) is 69.2 Å². The molecule has 0 aromatic heterocycles. The lowest BCUT2D eigenvalue weighted by Crippen LogP contribution is -2.31. The molecular formula is C22H20ClN3O2S2. The van der Waals surface area contributed by atoms with E-state index in [9.17, 15) is 14.9 Å². The number of anilines is 1. The van der Waals surface area contributed by atoms with Crippen molar-refractivity contribution in [1.29, 1.82) is 5.26 Å². The molecule has 2 N–H and O–H groups in total. The van der Waals surface area contributed by atoms with Crippen LogP contribution in [0.5, 0.6) is 0 Å². The number of thioether (sulfide) groups is 2. The molecule has 0 saturated heterocycles. The van der Waals surface area contributed by atoms with E-state index in [1.165, 1.54) is 0 Å². The van der Waals surface area contributed by atoms with Gasteiger partial charge in [0, 0.05) is 27.9 Å². The Morgan fingerprint density at radius 1 is 1.30 bits per heavy atom. The Labute approximate surface area is 189 Å². The van der Waals surface area contributed by atoms with E-state index < -0.39 is 0 Å². The van der Waals surface area contributed by atoms with Gasteiger partial charge in [0.05, 0.1) is 22.4 Å². The van der Waals surface area contributed by atoms with Crippen LogP contribution in [0, 0.1) is 18.3 Å². The summed E-state index contributed by atoms with van der Waals surface area (Å²) in [6.07, 6.45) is 2.20. The number of aryl methyl sites for hydroxylation is 1. The zero-order valence-electron chi connectivity index (χ0n) is 16.5. The van der Waals surface area contributed by atoms with Crippen molar-refractivity contribution in [2.24, 2.45) is 0 Å². The molecule has 2 amide bonds. The number of nitrogens with zero attached hydrogens (tertiary/aromatic N) is 1. The maximum absolute atomic E-state index is 12.4. The Balaban J connectivity index is 1.74. The standard InChI is InChI=1S/C22H20ClN3O2S2/c1-13-3-6-15(9-19(13)23)25-21(28)12-30-22-18(11-24)17(10-20(27)26-22)14-4-7-16(29-2)8-5-14/h3-9,17H,10,12H2,1-2H3,(H,25,28)(H,26,27)/t17-/m0/s1. The molecule has 1 aliphatic rings. The SMILES string of the molecule is CSc1ccc([C@@H]2CC(=O)NC(SCC(=O)Nc3ccc(C)c(Cl)c3)=C2C#N)cc1. The number of rotatable bonds is 6. The highest BCUT2D eigenvalue weighted by molar-refractivity contribution is 8.03. The number of carbonyl (C=O) groups is 2. The molecule has 0 unspecified atom stereocenters. The van der Waals surface area contributed by atoms with Gasteiger partial charge in [-0.2, -0.15) is 5.26 Å². The number of hydrogen-bond acceptors (Lipinski definition) is 5. The minimum absolute atomic E-state index is 0.0599. The van der Waals surface area contributed by atoms with E-state index in [0.29, 0.717) is 21.3 Å². The van der Waals surface area contributed by atoms with Crippen molar-refractivity contribution >= 4 is 52.6 Å². The van der Waals surface area contributed by atoms with E-state index in [2.05, 4.69) is 16.7 Å². The van der Waals surface area contributed by atoms with Crippen molar-refractivity contribution in [1.82, 2.24) is 5.32 Å². The number of allylic oxidation sites excluding steroid dienone is 1. The first-order valence-corrected chi connectivity index (χ1v) is 11.8. The van der Waals surface area contributed by atoms with Crippen LogP contribution in [0.15, 0.2) is 58.0 Å². The van der Waals surface area contributed by atoms with Crippen molar-refractivity contribution in [2.75, 3.05) is 17.3 Å². The Hall–Kier alpha value is -2.40. The lowest BCUT2D eigenvalue weighted by atomic mass is 9.87. The van der Waals surface area contributed by atoms with E-state index in [1.54, 1.807) is 23.9 Å². The van der Waals surface area contributed by atoms with Gasteiger partial charge in [-0.1, -0.05) is 41.6 Å². The zero-order chi connectivity index (χ0) is 21.7. The van der Waals surface area contributed by atoms with Crippen LogP contribution in [0.1, 0.15) is 23.5 Å². The highest BCUT2D eigenvalue weighted by Crippen LogP contribution is 2.36. The second-order valence-corrected chi connectivity index (χ2v) is 9.01. The summed E-state index contributed by atoms with van der Waals surface area (Å²) in [5.74, 6) is -0.669. The third-order valence-electron chi connectivity index (χ3n) is 4.68. The summed E-state index contributed by atoms with van der Waals surface area (Å²) in [5.41, 5.74) is 2.92. The van der Waals surface area contributed by atoms with Crippen LogP contribution in [0.4, 0.5) is 5.69 Å². The lowest BCUT2D eigenvalue weighted by Gasteiger charge is -2.25. The molecule has 1 atom stereocenters. The number of halogens is 1. The smallest absolute Gasteiger partial charge is 0.234 e. The predicted octanol–water partition coefficient (Wildman–Crippen LogP) is 5.08. The molecule has 1 heterocycles. The largest absolute Gasteiger partial charge is 0.325 e. The molecule has 2 aromatic rings. The van der Waals surface area contributed by atoms with Crippen LogP contribution in [-0.4, -0.2) is 23.8 Å². The van der Waals surface area contributed by atoms with Gasteiger partial charge in [0.1, 0.15) is 0 Å². The molecule has 154 valence electrons. The van der Waals surface area contributed by atoms with Gasteiger partial charge in [-0.25, -0.2) is 0 Å². The van der Waals surface area contributed by atoms with Crippen molar-refractivity contribution in [3.8, 4) is 6.07 Å². The Kier molecular flexibility index (Phi) is 7.48. The number of nitriles is 1. The van der Waals surface area contributed by atoms with E-state index in [-0.39, 0.29) is 29.9 Å². The van der Waals surface area contributed by atoms with Gasteiger partial charge in [-0.3, -0.25) is 9.59 Å². The molecule has 30 heavy (non-hydrogen) atoms. The highest BCUT2D eigenvalue weighted by Gasteiger charge is 2.29. The number of hydrogen-bond donors (Lipinski definition) is 2. The highest BCUT2D eigenvalue weighted by atomic mass is 35.5. The fraction of sp³-hybridized carbons (Fsp3) is 0.227. The second-order valence-electron chi connectivity index (χ2n) is 6.73.